The van der Waals surface area contributed by atoms with Crippen LogP contribution in [0.1, 0.15) is 18.4 Å². The number of nitrogens with one attached hydrogen (secondary N) is 1. The normalized spacial score (nSPS) is 19.7. The number of hydrogen-bond acceptors (Lipinski definition) is 3. The van der Waals surface area contributed by atoms with E-state index in [0.29, 0.717) is 0 Å². The van der Waals surface area contributed by atoms with E-state index in [2.05, 4.69) is 5.32 Å². The summed E-state index contributed by atoms with van der Waals surface area (Å²) in [5.74, 6) is 0. The number of amides is 2. The van der Waals surface area contributed by atoms with Crippen molar-refractivity contribution >= 4 is 16.1 Å². The molecule has 1 saturated heterocycles. The Bertz CT molecular complexity index is 755. The number of carbonyl (C=O) groups excluding carboxylic acids is 1. The van der Waals surface area contributed by atoms with Crippen LogP contribution in [0.3, 0.4) is 0 Å². The van der Waals surface area contributed by atoms with Gasteiger partial charge in [0.25, 0.3) is 0 Å². The highest BCUT2D eigenvalue weighted by Gasteiger charge is 2.40. The maximum atomic E-state index is 13.1. The fourth-order valence-corrected chi connectivity index (χ4v) is 4.32. The number of sulfonamides is 1. The largest absolute Gasteiger partial charge is 0.417 e. The molecule has 1 N–H and O–H groups in total. The second-order valence-corrected chi connectivity index (χ2v) is 8.02. The van der Waals surface area contributed by atoms with Crippen LogP contribution in [-0.2, 0) is 16.2 Å². The Morgan fingerprint density at radius 3 is 2.24 bits per heavy atom. The van der Waals surface area contributed by atoms with Gasteiger partial charge in [-0.1, -0.05) is 12.1 Å². The molecular formula is C15H18F3N3O3S. The SMILES string of the molecule is O=C(NC1CC1)N1CCN(S(=O)(=O)c2ccccc2C(F)(F)F)CC1. The number of piperazine rings is 1. The molecule has 138 valence electrons. The van der Waals surface area contributed by atoms with Crippen molar-refractivity contribution in [2.45, 2.75) is 30.0 Å². The summed E-state index contributed by atoms with van der Waals surface area (Å²) in [6, 6.07) is 4.07. The molecule has 25 heavy (non-hydrogen) atoms. The molecule has 0 aromatic heterocycles. The van der Waals surface area contributed by atoms with Gasteiger partial charge < -0.3 is 10.2 Å². The van der Waals surface area contributed by atoms with Gasteiger partial charge in [-0.25, -0.2) is 13.2 Å². The number of urea groups is 1. The van der Waals surface area contributed by atoms with Crippen LogP contribution in [0.4, 0.5) is 18.0 Å². The predicted octanol–water partition coefficient (Wildman–Crippen LogP) is 1.88. The molecule has 3 rings (SSSR count). The van der Waals surface area contributed by atoms with E-state index in [-0.39, 0.29) is 38.3 Å². The highest BCUT2D eigenvalue weighted by atomic mass is 32.2. The van der Waals surface area contributed by atoms with E-state index < -0.39 is 26.7 Å². The monoisotopic (exact) mass is 377 g/mol. The Morgan fingerprint density at radius 2 is 1.68 bits per heavy atom. The number of rotatable bonds is 3. The van der Waals surface area contributed by atoms with Gasteiger partial charge in [0.2, 0.25) is 10.0 Å². The summed E-state index contributed by atoms with van der Waals surface area (Å²) >= 11 is 0. The summed E-state index contributed by atoms with van der Waals surface area (Å²) in [5.41, 5.74) is -1.18. The predicted molar refractivity (Wildman–Crippen MR) is 83.3 cm³/mol. The van der Waals surface area contributed by atoms with Gasteiger partial charge in [-0.15, -0.1) is 0 Å². The molecule has 6 nitrogen and oxygen atoms in total. The third-order valence-electron chi connectivity index (χ3n) is 4.24. The number of nitrogens with zero attached hydrogens (tertiary/aromatic N) is 2. The average molecular weight is 377 g/mol. The Balaban J connectivity index is 1.73. The zero-order chi connectivity index (χ0) is 18.2. The van der Waals surface area contributed by atoms with Gasteiger partial charge in [0.05, 0.1) is 10.5 Å². The molecule has 1 aromatic carbocycles. The van der Waals surface area contributed by atoms with Crippen LogP contribution in [0.15, 0.2) is 29.2 Å². The van der Waals surface area contributed by atoms with Crippen molar-refractivity contribution in [1.29, 1.82) is 0 Å². The summed E-state index contributed by atoms with van der Waals surface area (Å²) in [7, 11) is -4.28. The summed E-state index contributed by atoms with van der Waals surface area (Å²) < 4.78 is 65.5. The minimum Gasteiger partial charge on any atom is -0.335 e. The molecule has 1 aliphatic heterocycles. The Hall–Kier alpha value is -1.81. The summed E-state index contributed by atoms with van der Waals surface area (Å²) in [6.45, 7) is 0.219. The van der Waals surface area contributed by atoms with E-state index in [1.54, 1.807) is 0 Å². The maximum Gasteiger partial charge on any atom is 0.417 e. The molecule has 1 saturated carbocycles. The van der Waals surface area contributed by atoms with Crippen molar-refractivity contribution in [3.05, 3.63) is 29.8 Å². The van der Waals surface area contributed by atoms with E-state index in [4.69, 9.17) is 0 Å². The molecule has 1 aliphatic carbocycles. The van der Waals surface area contributed by atoms with Crippen LogP contribution in [0.25, 0.3) is 0 Å². The van der Waals surface area contributed by atoms with E-state index in [9.17, 15) is 26.4 Å². The van der Waals surface area contributed by atoms with Crippen LogP contribution >= 0.6 is 0 Å². The second kappa shape index (κ2) is 6.49. The number of benzene rings is 1. The lowest BCUT2D eigenvalue weighted by Crippen LogP contribution is -2.53. The van der Waals surface area contributed by atoms with Crippen LogP contribution in [0.2, 0.25) is 0 Å². The van der Waals surface area contributed by atoms with Gasteiger partial charge in [0.1, 0.15) is 0 Å². The lowest BCUT2D eigenvalue weighted by molar-refractivity contribution is -0.139. The van der Waals surface area contributed by atoms with Crippen molar-refractivity contribution in [2.24, 2.45) is 0 Å². The molecule has 10 heteroatoms. The van der Waals surface area contributed by atoms with Gasteiger partial charge in [-0.05, 0) is 25.0 Å². The van der Waals surface area contributed by atoms with Crippen molar-refractivity contribution in [2.75, 3.05) is 26.2 Å². The van der Waals surface area contributed by atoms with E-state index in [1.165, 1.54) is 11.0 Å². The smallest absolute Gasteiger partial charge is 0.335 e. The summed E-state index contributed by atoms with van der Waals surface area (Å²) in [5, 5.41) is 2.81. The second-order valence-electron chi connectivity index (χ2n) is 6.11. The Morgan fingerprint density at radius 1 is 1.08 bits per heavy atom. The van der Waals surface area contributed by atoms with E-state index in [1.807, 2.05) is 0 Å². The molecule has 2 aliphatic rings. The first-order valence-electron chi connectivity index (χ1n) is 7.91. The van der Waals surface area contributed by atoms with Crippen molar-refractivity contribution in [1.82, 2.24) is 14.5 Å². The van der Waals surface area contributed by atoms with Crippen LogP contribution in [-0.4, -0.2) is 55.9 Å². The molecule has 0 spiro atoms. The molecule has 0 radical (unpaired) electrons. The quantitative estimate of drug-likeness (QED) is 0.875. The van der Waals surface area contributed by atoms with Gasteiger partial charge in [-0.3, -0.25) is 0 Å². The minimum atomic E-state index is -4.75. The molecule has 0 atom stereocenters. The zero-order valence-corrected chi connectivity index (χ0v) is 14.1. The first kappa shape index (κ1) is 18.0. The van der Waals surface area contributed by atoms with Crippen LogP contribution < -0.4 is 5.32 Å². The molecule has 0 bridgehead atoms. The molecule has 1 aromatic rings. The fraction of sp³-hybridized carbons (Fsp3) is 0.533. The van der Waals surface area contributed by atoms with Gasteiger partial charge >= 0.3 is 12.2 Å². The Labute approximate surface area is 143 Å². The number of halogens is 3. The lowest BCUT2D eigenvalue weighted by atomic mass is 10.2. The zero-order valence-electron chi connectivity index (χ0n) is 13.3. The lowest BCUT2D eigenvalue weighted by Gasteiger charge is -2.34. The molecule has 2 fully saturated rings. The first-order valence-corrected chi connectivity index (χ1v) is 9.35. The number of alkyl halides is 3. The topological polar surface area (TPSA) is 69.7 Å². The van der Waals surface area contributed by atoms with Crippen molar-refractivity contribution in [3.8, 4) is 0 Å². The fourth-order valence-electron chi connectivity index (χ4n) is 2.69. The summed E-state index contributed by atoms with van der Waals surface area (Å²) in [4.78, 5) is 12.7. The van der Waals surface area contributed by atoms with Crippen LogP contribution in [0.5, 0.6) is 0 Å². The molecule has 2 amide bonds. The maximum absolute atomic E-state index is 13.1. The number of hydrogen-bond donors (Lipinski definition) is 1. The standard InChI is InChI=1S/C15H18F3N3O3S/c16-15(17,18)12-3-1-2-4-13(12)25(23,24)21-9-7-20(8-10-21)14(22)19-11-5-6-11/h1-4,11H,5-10H2,(H,19,22). The minimum absolute atomic E-state index is 0.0351. The number of carbonyl (C=O) groups is 1. The van der Waals surface area contributed by atoms with Gasteiger partial charge in [0.15, 0.2) is 0 Å². The third kappa shape index (κ3) is 3.90. The highest BCUT2D eigenvalue weighted by molar-refractivity contribution is 7.89. The van der Waals surface area contributed by atoms with Crippen molar-refractivity contribution in [3.63, 3.8) is 0 Å². The van der Waals surface area contributed by atoms with E-state index in [0.717, 1.165) is 35.3 Å². The van der Waals surface area contributed by atoms with Crippen LogP contribution in [0, 0.1) is 0 Å². The van der Waals surface area contributed by atoms with E-state index >= 15 is 0 Å². The molecule has 1 heterocycles. The van der Waals surface area contributed by atoms with Gasteiger partial charge in [-0.2, -0.15) is 17.5 Å². The third-order valence-corrected chi connectivity index (χ3v) is 6.20. The molecular weight excluding hydrogens is 359 g/mol. The Kier molecular flexibility index (Phi) is 4.67. The summed E-state index contributed by atoms with van der Waals surface area (Å²) in [6.07, 6.45) is -2.88. The first-order chi connectivity index (χ1) is 11.7. The highest BCUT2D eigenvalue weighted by Crippen LogP contribution is 2.35. The molecule has 0 unspecified atom stereocenters. The average Bonchev–Trinajstić information content (AvgIpc) is 3.38. The van der Waals surface area contributed by atoms with Gasteiger partial charge in [0, 0.05) is 32.2 Å². The van der Waals surface area contributed by atoms with Crippen molar-refractivity contribution < 1.29 is 26.4 Å².